The molecule has 1 saturated heterocycles. The van der Waals surface area contributed by atoms with Crippen LogP contribution in [0.2, 0.25) is 0 Å². The molecule has 4 fully saturated rings. The first-order chi connectivity index (χ1) is 20.5. The highest BCUT2D eigenvalue weighted by Gasteiger charge is 2.68. The largest absolute Gasteiger partial charge is 0.458 e. The first-order valence-corrected chi connectivity index (χ1v) is 15.5. The Balaban J connectivity index is 1.19. The number of hydrogen-bond acceptors (Lipinski definition) is 12. The number of esters is 2. The summed E-state index contributed by atoms with van der Waals surface area (Å²) < 4.78 is 15.2. The van der Waals surface area contributed by atoms with Crippen molar-refractivity contribution in [3.63, 3.8) is 0 Å². The second kappa shape index (κ2) is 11.7. The summed E-state index contributed by atoms with van der Waals surface area (Å²) in [4.78, 5) is 50.3. The van der Waals surface area contributed by atoms with Crippen LogP contribution < -0.4 is 0 Å². The van der Waals surface area contributed by atoms with Gasteiger partial charge in [-0.05, 0) is 62.5 Å². The maximum Gasteiger partial charge on any atom is 0.306 e. The molecule has 1 aliphatic heterocycles. The van der Waals surface area contributed by atoms with E-state index in [0.717, 1.165) is 12.0 Å². The van der Waals surface area contributed by atoms with Gasteiger partial charge in [-0.25, -0.2) is 0 Å². The first-order valence-electron chi connectivity index (χ1n) is 15.5. The van der Waals surface area contributed by atoms with Crippen molar-refractivity contribution < 1.29 is 58.9 Å². The van der Waals surface area contributed by atoms with Crippen LogP contribution in [0.3, 0.4) is 0 Å². The zero-order valence-electron chi connectivity index (χ0n) is 25.5. The molecule has 4 aliphatic carbocycles. The van der Waals surface area contributed by atoms with Gasteiger partial charge in [0.2, 0.25) is 5.78 Å². The Hall–Kier alpha value is -2.48. The van der Waals surface area contributed by atoms with Crippen LogP contribution in [0, 0.1) is 34.5 Å². The molecule has 5 N–H and O–H groups in total. The minimum Gasteiger partial charge on any atom is -0.458 e. The lowest BCUT2D eigenvalue weighted by Crippen LogP contribution is -2.62. The van der Waals surface area contributed by atoms with Gasteiger partial charge < -0.3 is 39.7 Å². The summed E-state index contributed by atoms with van der Waals surface area (Å²) in [5, 5.41) is 53.3. The molecular formula is C32H44O12. The van der Waals surface area contributed by atoms with Gasteiger partial charge in [0.15, 0.2) is 24.8 Å². The third-order valence-corrected chi connectivity index (χ3v) is 11.4. The van der Waals surface area contributed by atoms with Gasteiger partial charge in [0, 0.05) is 16.7 Å². The summed E-state index contributed by atoms with van der Waals surface area (Å²) in [7, 11) is 0. The molecular weight excluding hydrogens is 576 g/mol. The maximum atomic E-state index is 13.5. The van der Waals surface area contributed by atoms with Gasteiger partial charge in [0.1, 0.15) is 17.8 Å². The van der Waals surface area contributed by atoms with Gasteiger partial charge in [-0.15, -0.1) is 0 Å². The van der Waals surface area contributed by atoms with E-state index in [1.807, 2.05) is 13.0 Å². The molecule has 5 rings (SSSR count). The van der Waals surface area contributed by atoms with Crippen molar-refractivity contribution >= 4 is 23.5 Å². The van der Waals surface area contributed by atoms with E-state index < -0.39 is 90.4 Å². The molecule has 0 amide bonds. The van der Waals surface area contributed by atoms with E-state index in [4.69, 9.17) is 14.2 Å². The minimum absolute atomic E-state index is 0.00469. The lowest BCUT2D eigenvalue weighted by Gasteiger charge is -2.60. The average Bonchev–Trinajstić information content (AvgIpc) is 3.23. The van der Waals surface area contributed by atoms with Gasteiger partial charge in [0.05, 0.1) is 25.0 Å². The molecule has 44 heavy (non-hydrogen) atoms. The van der Waals surface area contributed by atoms with Crippen molar-refractivity contribution in [2.45, 2.75) is 109 Å². The number of Topliss-reactive ketones (excluding diaryl/α,β-unsaturated/α-hetero) is 1. The second-order valence-corrected chi connectivity index (χ2v) is 13.9. The molecule has 0 radical (unpaired) electrons. The zero-order valence-corrected chi connectivity index (χ0v) is 25.5. The molecule has 3 saturated carbocycles. The fraction of sp³-hybridized carbons (Fsp3) is 0.750. The van der Waals surface area contributed by atoms with Crippen molar-refractivity contribution in [2.75, 3.05) is 6.61 Å². The third kappa shape index (κ3) is 5.27. The lowest BCUT2D eigenvalue weighted by atomic mass is 9.45. The normalized spacial score (nSPS) is 46.3. The number of ether oxygens (including phenoxy) is 3. The number of carbonyl (C=O) groups is 4. The second-order valence-electron chi connectivity index (χ2n) is 13.9. The number of fused-ring (bicyclic) bond motifs is 5. The van der Waals surface area contributed by atoms with Gasteiger partial charge in [-0.1, -0.05) is 32.4 Å². The van der Waals surface area contributed by atoms with Crippen LogP contribution in [0.5, 0.6) is 0 Å². The molecule has 12 heteroatoms. The standard InChI is InChI=1S/C32H44O12/c1-15-11-18-19-8-10-32(41,31(19,4)13-21(34)25(18)30(3)9-7-17(33)12-20(15)30)22(35)14-42-23(36)5-6-24(37)44-28-27(39)26(38)16(2)43-29(28)40/h7,9,12,15-16,18-19,21,25-29,34,38-41H,5-6,8,10-11,13-14H2,1-4H3/t15-,16+,18-,19-,21-,25+,26+,27-,28+,29-,30-,31-,32-/m0/s1. The highest BCUT2D eigenvalue weighted by Crippen LogP contribution is 2.67. The van der Waals surface area contributed by atoms with Crippen molar-refractivity contribution in [1.82, 2.24) is 0 Å². The monoisotopic (exact) mass is 620 g/mol. The van der Waals surface area contributed by atoms with Gasteiger partial charge in [-0.3, -0.25) is 19.2 Å². The number of aliphatic hydroxyl groups excluding tert-OH is 4. The number of ketones is 2. The predicted octanol–water partition coefficient (Wildman–Crippen LogP) is 0.505. The summed E-state index contributed by atoms with van der Waals surface area (Å²) in [6.07, 6.45) is -2.08. The zero-order chi connectivity index (χ0) is 32.4. The van der Waals surface area contributed by atoms with E-state index >= 15 is 0 Å². The van der Waals surface area contributed by atoms with E-state index in [2.05, 4.69) is 13.8 Å². The van der Waals surface area contributed by atoms with Crippen molar-refractivity contribution in [1.29, 1.82) is 0 Å². The first kappa shape index (κ1) is 32.9. The fourth-order valence-electron chi connectivity index (χ4n) is 9.11. The van der Waals surface area contributed by atoms with Crippen LogP contribution in [-0.4, -0.2) is 98.1 Å². The van der Waals surface area contributed by atoms with Crippen LogP contribution in [0.1, 0.15) is 66.2 Å². The van der Waals surface area contributed by atoms with Gasteiger partial charge >= 0.3 is 11.9 Å². The Morgan fingerprint density at radius 1 is 1.05 bits per heavy atom. The molecule has 0 aromatic rings. The number of carbonyl (C=O) groups excluding carboxylic acids is 4. The van der Waals surface area contributed by atoms with Crippen LogP contribution in [0.25, 0.3) is 0 Å². The Bertz CT molecular complexity index is 1260. The van der Waals surface area contributed by atoms with Crippen molar-refractivity contribution in [3.05, 3.63) is 23.8 Å². The van der Waals surface area contributed by atoms with Gasteiger partial charge in [-0.2, -0.15) is 0 Å². The van der Waals surface area contributed by atoms with E-state index in [1.54, 1.807) is 12.2 Å². The third-order valence-electron chi connectivity index (χ3n) is 11.4. The van der Waals surface area contributed by atoms with Gasteiger partial charge in [0.25, 0.3) is 0 Å². The summed E-state index contributed by atoms with van der Waals surface area (Å²) in [5.41, 5.74) is -2.28. The fourth-order valence-corrected chi connectivity index (χ4v) is 9.11. The molecule has 0 aromatic carbocycles. The molecule has 0 aromatic heterocycles. The summed E-state index contributed by atoms with van der Waals surface area (Å²) in [6.45, 7) is 6.68. The van der Waals surface area contributed by atoms with Crippen LogP contribution in [-0.2, 0) is 33.4 Å². The van der Waals surface area contributed by atoms with Crippen molar-refractivity contribution in [3.8, 4) is 0 Å². The lowest BCUT2D eigenvalue weighted by molar-refractivity contribution is -0.282. The maximum absolute atomic E-state index is 13.5. The van der Waals surface area contributed by atoms with Crippen LogP contribution in [0.15, 0.2) is 23.8 Å². The highest BCUT2D eigenvalue weighted by atomic mass is 16.7. The molecule has 0 spiro atoms. The Morgan fingerprint density at radius 2 is 1.73 bits per heavy atom. The van der Waals surface area contributed by atoms with E-state index in [0.29, 0.717) is 6.42 Å². The van der Waals surface area contributed by atoms with Crippen LogP contribution in [0.4, 0.5) is 0 Å². The Labute approximate surface area is 256 Å². The predicted molar refractivity (Wildman–Crippen MR) is 151 cm³/mol. The Kier molecular flexibility index (Phi) is 8.75. The van der Waals surface area contributed by atoms with E-state index in [9.17, 15) is 44.7 Å². The molecule has 1 heterocycles. The van der Waals surface area contributed by atoms with E-state index in [1.165, 1.54) is 6.92 Å². The molecule has 5 aliphatic rings. The highest BCUT2D eigenvalue weighted by molar-refractivity contribution is 6.01. The average molecular weight is 621 g/mol. The van der Waals surface area contributed by atoms with Crippen molar-refractivity contribution in [2.24, 2.45) is 34.5 Å². The molecule has 244 valence electrons. The minimum atomic E-state index is -1.83. The number of aliphatic hydroxyl groups is 5. The smallest absolute Gasteiger partial charge is 0.306 e. The number of hydrogen-bond donors (Lipinski definition) is 5. The topological polar surface area (TPSA) is 197 Å². The molecule has 12 nitrogen and oxygen atoms in total. The molecule has 0 bridgehead atoms. The molecule has 13 atom stereocenters. The number of allylic oxidation sites excluding steroid dienone is 4. The van der Waals surface area contributed by atoms with E-state index in [-0.39, 0.29) is 42.3 Å². The summed E-state index contributed by atoms with van der Waals surface area (Å²) in [5.74, 6) is -2.72. The number of rotatable bonds is 7. The summed E-state index contributed by atoms with van der Waals surface area (Å²) >= 11 is 0. The SMILES string of the molecule is C[C@H]1C[C@@H]2[C@H]([C@@H](O)C[C@@]3(C)[C@H]2CC[C@]3(O)C(=O)COC(=O)CCC(=O)O[C@@H]2[C@@H](O)[C@H](O)[C@@H](C)O[C@@H]2O)[C@@]2(C)C=CC(=O)C=C12. The summed E-state index contributed by atoms with van der Waals surface area (Å²) in [6, 6.07) is 0. The quantitative estimate of drug-likeness (QED) is 0.248. The van der Waals surface area contributed by atoms with Crippen LogP contribution >= 0.6 is 0 Å². The Morgan fingerprint density at radius 3 is 2.43 bits per heavy atom. The molecule has 0 unspecified atom stereocenters.